The number of anilines is 1. The average Bonchev–Trinajstić information content (AvgIpc) is 3.42. The van der Waals surface area contributed by atoms with E-state index in [2.05, 4.69) is 58.1 Å². The summed E-state index contributed by atoms with van der Waals surface area (Å²) in [5.41, 5.74) is 0.998. The summed E-state index contributed by atoms with van der Waals surface area (Å²) in [4.78, 5) is 16.8. The second-order valence-electron chi connectivity index (χ2n) is 7.30. The molecule has 1 saturated carbocycles. The number of carbonyl (C=O) groups is 1. The van der Waals surface area contributed by atoms with E-state index in [1.54, 1.807) is 11.3 Å². The van der Waals surface area contributed by atoms with E-state index in [1.807, 2.05) is 0 Å². The molecule has 2 aliphatic rings. The van der Waals surface area contributed by atoms with Crippen LogP contribution in [0.5, 0.6) is 0 Å². The van der Waals surface area contributed by atoms with Crippen molar-refractivity contribution in [1.82, 2.24) is 5.32 Å². The van der Waals surface area contributed by atoms with E-state index >= 15 is 0 Å². The normalized spacial score (nSPS) is 22.2. The number of benzene rings is 1. The Labute approximate surface area is 154 Å². The van der Waals surface area contributed by atoms with E-state index in [4.69, 9.17) is 0 Å². The maximum atomic E-state index is 13.1. The van der Waals surface area contributed by atoms with Crippen molar-refractivity contribution in [2.45, 2.75) is 50.0 Å². The predicted octanol–water partition coefficient (Wildman–Crippen LogP) is 4.35. The largest absolute Gasteiger partial charge is 0.367 e. The molecule has 0 radical (unpaired) electrons. The third kappa shape index (κ3) is 3.20. The van der Waals surface area contributed by atoms with E-state index in [-0.39, 0.29) is 11.3 Å². The minimum Gasteiger partial charge on any atom is -0.367 e. The summed E-state index contributed by atoms with van der Waals surface area (Å²) < 4.78 is 0. The van der Waals surface area contributed by atoms with Gasteiger partial charge in [-0.05, 0) is 49.3 Å². The lowest BCUT2D eigenvalue weighted by molar-refractivity contribution is -0.126. The monoisotopic (exact) mass is 354 g/mol. The molecule has 132 valence electrons. The van der Waals surface area contributed by atoms with Gasteiger partial charge < -0.3 is 10.2 Å². The van der Waals surface area contributed by atoms with Crippen LogP contribution in [0.25, 0.3) is 0 Å². The molecule has 1 amide bonds. The van der Waals surface area contributed by atoms with Crippen LogP contribution in [0.15, 0.2) is 47.8 Å². The quantitative estimate of drug-likeness (QED) is 0.866. The molecule has 0 bridgehead atoms. The molecule has 2 aromatic rings. The maximum Gasteiger partial charge on any atom is 0.231 e. The third-order valence-electron chi connectivity index (χ3n) is 5.85. The summed E-state index contributed by atoms with van der Waals surface area (Å²) in [6.45, 7) is 1.83. The van der Waals surface area contributed by atoms with Gasteiger partial charge in [-0.15, -0.1) is 11.3 Å². The maximum absolute atomic E-state index is 13.1. The van der Waals surface area contributed by atoms with Gasteiger partial charge >= 0.3 is 0 Å². The molecule has 2 heterocycles. The molecular weight excluding hydrogens is 328 g/mol. The van der Waals surface area contributed by atoms with Crippen LogP contribution < -0.4 is 10.2 Å². The van der Waals surface area contributed by atoms with Crippen molar-refractivity contribution in [3.63, 3.8) is 0 Å². The first-order chi connectivity index (χ1) is 12.3. The van der Waals surface area contributed by atoms with Crippen molar-refractivity contribution in [3.8, 4) is 0 Å². The van der Waals surface area contributed by atoms with Gasteiger partial charge in [-0.3, -0.25) is 4.79 Å². The molecule has 1 aromatic heterocycles. The van der Waals surface area contributed by atoms with Crippen LogP contribution in [-0.2, 0) is 10.2 Å². The minimum absolute atomic E-state index is 0.243. The lowest BCUT2D eigenvalue weighted by Gasteiger charge is -2.30. The van der Waals surface area contributed by atoms with Crippen LogP contribution >= 0.6 is 11.3 Å². The van der Waals surface area contributed by atoms with Gasteiger partial charge in [0.05, 0.1) is 5.41 Å². The number of amides is 1. The van der Waals surface area contributed by atoms with Gasteiger partial charge in [0, 0.05) is 29.7 Å². The molecule has 1 aliphatic carbocycles. The minimum atomic E-state index is -0.273. The smallest absolute Gasteiger partial charge is 0.231 e. The molecule has 1 atom stereocenters. The fraction of sp³-hybridized carbons (Fsp3) is 0.476. The zero-order valence-electron chi connectivity index (χ0n) is 14.6. The molecule has 1 aliphatic heterocycles. The zero-order chi connectivity index (χ0) is 17.1. The Morgan fingerprint density at radius 2 is 1.92 bits per heavy atom. The van der Waals surface area contributed by atoms with Crippen LogP contribution in [-0.4, -0.2) is 25.0 Å². The molecule has 1 N–H and O–H groups in total. The zero-order valence-corrected chi connectivity index (χ0v) is 15.4. The van der Waals surface area contributed by atoms with Gasteiger partial charge in [0.25, 0.3) is 0 Å². The fourth-order valence-electron chi connectivity index (χ4n) is 4.50. The number of thiophene rings is 1. The van der Waals surface area contributed by atoms with E-state index in [0.29, 0.717) is 6.04 Å². The molecule has 4 heteroatoms. The van der Waals surface area contributed by atoms with Crippen molar-refractivity contribution >= 4 is 22.9 Å². The summed E-state index contributed by atoms with van der Waals surface area (Å²) in [7, 11) is 0. The van der Waals surface area contributed by atoms with Crippen LogP contribution in [0.4, 0.5) is 5.69 Å². The number of hydrogen-bond donors (Lipinski definition) is 1. The first-order valence-electron chi connectivity index (χ1n) is 9.44. The Bertz CT molecular complexity index is 692. The number of nitrogens with one attached hydrogen (secondary N) is 1. The van der Waals surface area contributed by atoms with Crippen molar-refractivity contribution in [2.75, 3.05) is 18.0 Å². The van der Waals surface area contributed by atoms with Crippen LogP contribution in [0.2, 0.25) is 0 Å². The van der Waals surface area contributed by atoms with E-state index in [9.17, 15) is 4.79 Å². The third-order valence-corrected chi connectivity index (χ3v) is 6.92. The summed E-state index contributed by atoms with van der Waals surface area (Å²) in [5.74, 6) is 0.243. The standard InChI is InChI=1S/C21H26N2OS/c24-20(21(12-4-5-13-21)19-11-7-15-25-19)22-16-18-10-6-14-23(18)17-8-2-1-3-9-17/h1-3,7-9,11,15,18H,4-6,10,12-14,16H2,(H,22,24)/t18-/m0/s1. The number of carbonyl (C=O) groups excluding carboxylic acids is 1. The molecule has 0 spiro atoms. The predicted molar refractivity (Wildman–Crippen MR) is 104 cm³/mol. The number of hydrogen-bond acceptors (Lipinski definition) is 3. The summed E-state index contributed by atoms with van der Waals surface area (Å²) in [6, 6.07) is 15.2. The molecule has 2 fully saturated rings. The average molecular weight is 355 g/mol. The van der Waals surface area contributed by atoms with Crippen LogP contribution in [0.3, 0.4) is 0 Å². The SMILES string of the molecule is O=C(NC[C@@H]1CCCN1c1ccccc1)C1(c2cccs2)CCCC1. The van der Waals surface area contributed by atoms with Crippen molar-refractivity contribution in [2.24, 2.45) is 0 Å². The molecule has 25 heavy (non-hydrogen) atoms. The van der Waals surface area contributed by atoms with Crippen molar-refractivity contribution in [1.29, 1.82) is 0 Å². The Balaban J connectivity index is 1.44. The first-order valence-corrected chi connectivity index (χ1v) is 10.3. The van der Waals surface area contributed by atoms with E-state index in [1.165, 1.54) is 17.0 Å². The topological polar surface area (TPSA) is 32.3 Å². The van der Waals surface area contributed by atoms with Crippen molar-refractivity contribution < 1.29 is 4.79 Å². The highest BCUT2D eigenvalue weighted by molar-refractivity contribution is 7.10. The highest BCUT2D eigenvalue weighted by Crippen LogP contribution is 2.43. The highest BCUT2D eigenvalue weighted by Gasteiger charge is 2.43. The van der Waals surface area contributed by atoms with E-state index in [0.717, 1.165) is 45.2 Å². The number of para-hydroxylation sites is 1. The fourth-order valence-corrected chi connectivity index (χ4v) is 5.49. The molecular formula is C21H26N2OS. The molecule has 1 aromatic carbocycles. The van der Waals surface area contributed by atoms with Crippen LogP contribution in [0, 0.1) is 0 Å². The second-order valence-corrected chi connectivity index (χ2v) is 8.25. The lowest BCUT2D eigenvalue weighted by atomic mass is 9.83. The van der Waals surface area contributed by atoms with E-state index < -0.39 is 0 Å². The Kier molecular flexibility index (Phi) is 4.80. The number of rotatable bonds is 5. The van der Waals surface area contributed by atoms with Crippen LogP contribution in [0.1, 0.15) is 43.4 Å². The van der Waals surface area contributed by atoms with Gasteiger partial charge in [0.15, 0.2) is 0 Å². The molecule has 4 rings (SSSR count). The molecule has 0 unspecified atom stereocenters. The summed E-state index contributed by atoms with van der Waals surface area (Å²) in [5, 5.41) is 5.42. The lowest BCUT2D eigenvalue weighted by Crippen LogP contribution is -2.47. The van der Waals surface area contributed by atoms with Gasteiger partial charge in [0.2, 0.25) is 5.91 Å². The van der Waals surface area contributed by atoms with Crippen molar-refractivity contribution in [3.05, 3.63) is 52.7 Å². The number of nitrogens with zero attached hydrogens (tertiary/aromatic N) is 1. The Morgan fingerprint density at radius 1 is 1.12 bits per heavy atom. The van der Waals surface area contributed by atoms with Gasteiger partial charge in [-0.2, -0.15) is 0 Å². The molecule has 3 nitrogen and oxygen atoms in total. The second kappa shape index (κ2) is 7.20. The first kappa shape index (κ1) is 16.6. The van der Waals surface area contributed by atoms with Gasteiger partial charge in [-0.25, -0.2) is 0 Å². The Morgan fingerprint density at radius 3 is 2.64 bits per heavy atom. The molecule has 1 saturated heterocycles. The summed E-state index contributed by atoms with van der Waals surface area (Å²) >= 11 is 1.73. The Hall–Kier alpha value is -1.81. The summed E-state index contributed by atoms with van der Waals surface area (Å²) in [6.07, 6.45) is 6.65. The highest BCUT2D eigenvalue weighted by atomic mass is 32.1. The van der Waals surface area contributed by atoms with Gasteiger partial charge in [-0.1, -0.05) is 37.1 Å². The van der Waals surface area contributed by atoms with Gasteiger partial charge in [0.1, 0.15) is 0 Å².